The second-order valence-electron chi connectivity index (χ2n) is 3.88. The molecule has 1 unspecified atom stereocenters. The summed E-state index contributed by atoms with van der Waals surface area (Å²) >= 11 is 11.5. The van der Waals surface area contributed by atoms with E-state index in [1.165, 1.54) is 10.4 Å². The van der Waals surface area contributed by atoms with Crippen LogP contribution in [0.15, 0.2) is 34.1 Å². The first kappa shape index (κ1) is 13.1. The first-order valence-electron chi connectivity index (χ1n) is 5.29. The minimum Gasteiger partial charge on any atom is -0.309 e. The third-order valence-corrected chi connectivity index (χ3v) is 4.36. The van der Waals surface area contributed by atoms with E-state index in [0.717, 1.165) is 15.1 Å². The van der Waals surface area contributed by atoms with Crippen LogP contribution in [0.25, 0.3) is 0 Å². The molecule has 0 saturated heterocycles. The molecule has 0 aliphatic carbocycles. The molecule has 0 spiro atoms. The van der Waals surface area contributed by atoms with Gasteiger partial charge in [0.15, 0.2) is 0 Å². The lowest BCUT2D eigenvalue weighted by Crippen LogP contribution is -2.17. The first-order valence-corrected chi connectivity index (χ1v) is 7.34. The van der Waals surface area contributed by atoms with Crippen molar-refractivity contribution >= 4 is 38.9 Å². The molecule has 17 heavy (non-hydrogen) atoms. The van der Waals surface area contributed by atoms with Gasteiger partial charge in [0, 0.05) is 14.4 Å². The summed E-state index contributed by atoms with van der Waals surface area (Å²) in [6.07, 6.45) is 0. The molecule has 2 rings (SSSR count). The second kappa shape index (κ2) is 5.53. The third kappa shape index (κ3) is 2.91. The van der Waals surface area contributed by atoms with Crippen molar-refractivity contribution in [2.24, 2.45) is 0 Å². The van der Waals surface area contributed by atoms with Gasteiger partial charge in [0.25, 0.3) is 0 Å². The van der Waals surface area contributed by atoms with Crippen molar-refractivity contribution < 1.29 is 0 Å². The zero-order valence-corrected chi connectivity index (χ0v) is 12.8. The van der Waals surface area contributed by atoms with Crippen molar-refractivity contribution in [1.29, 1.82) is 0 Å². The normalized spacial score (nSPS) is 12.7. The summed E-state index contributed by atoms with van der Waals surface area (Å²) in [6, 6.07) is 8.28. The van der Waals surface area contributed by atoms with E-state index in [1.54, 1.807) is 11.3 Å². The van der Waals surface area contributed by atoms with Crippen LogP contribution < -0.4 is 5.32 Å². The van der Waals surface area contributed by atoms with Gasteiger partial charge in [-0.05, 0) is 54.7 Å². The van der Waals surface area contributed by atoms with Crippen molar-refractivity contribution in [3.8, 4) is 0 Å². The zero-order chi connectivity index (χ0) is 12.4. The van der Waals surface area contributed by atoms with Crippen molar-refractivity contribution in [2.75, 3.05) is 7.05 Å². The lowest BCUT2D eigenvalue weighted by atomic mass is 10.0. The maximum atomic E-state index is 6.27. The number of aryl methyl sites for hydroxylation is 1. The molecule has 1 aromatic heterocycles. The first-order chi connectivity index (χ1) is 8.11. The van der Waals surface area contributed by atoms with Gasteiger partial charge in [-0.3, -0.25) is 0 Å². The maximum Gasteiger partial charge on any atom is 0.0597 e. The summed E-state index contributed by atoms with van der Waals surface area (Å²) in [5, 5.41) is 6.28. The number of nitrogens with one attached hydrogen (secondary N) is 1. The molecule has 1 heterocycles. The SMILES string of the molecule is CNC(c1csc(C)c1)c1cc(Br)ccc1Cl. The predicted octanol–water partition coefficient (Wildman–Crippen LogP) is 4.78. The average Bonchev–Trinajstić information content (AvgIpc) is 2.71. The maximum absolute atomic E-state index is 6.27. The molecule has 1 N–H and O–H groups in total. The van der Waals surface area contributed by atoms with E-state index >= 15 is 0 Å². The number of halogens is 2. The van der Waals surface area contributed by atoms with Crippen LogP contribution >= 0.6 is 38.9 Å². The Morgan fingerprint density at radius 2 is 2.12 bits per heavy atom. The number of hydrogen-bond donors (Lipinski definition) is 1. The molecule has 0 saturated carbocycles. The highest BCUT2D eigenvalue weighted by molar-refractivity contribution is 9.10. The van der Waals surface area contributed by atoms with Crippen molar-refractivity contribution in [3.63, 3.8) is 0 Å². The number of rotatable bonds is 3. The van der Waals surface area contributed by atoms with E-state index in [9.17, 15) is 0 Å². The van der Waals surface area contributed by atoms with Gasteiger partial charge in [-0.2, -0.15) is 0 Å². The van der Waals surface area contributed by atoms with E-state index in [-0.39, 0.29) is 6.04 Å². The zero-order valence-electron chi connectivity index (χ0n) is 9.63. The second-order valence-corrected chi connectivity index (χ2v) is 6.32. The summed E-state index contributed by atoms with van der Waals surface area (Å²) in [6.45, 7) is 2.11. The van der Waals surface area contributed by atoms with Gasteiger partial charge in [-0.15, -0.1) is 11.3 Å². The Labute approximate surface area is 119 Å². The fourth-order valence-electron chi connectivity index (χ4n) is 1.85. The average molecular weight is 331 g/mol. The van der Waals surface area contributed by atoms with E-state index in [1.807, 2.05) is 19.2 Å². The van der Waals surface area contributed by atoms with Gasteiger partial charge in [0.2, 0.25) is 0 Å². The summed E-state index contributed by atoms with van der Waals surface area (Å²) in [4.78, 5) is 1.31. The smallest absolute Gasteiger partial charge is 0.0597 e. The Balaban J connectivity index is 2.45. The van der Waals surface area contributed by atoms with Crippen molar-refractivity contribution in [3.05, 3.63) is 55.1 Å². The highest BCUT2D eigenvalue weighted by Crippen LogP contribution is 2.32. The minimum atomic E-state index is 0.143. The van der Waals surface area contributed by atoms with Gasteiger partial charge >= 0.3 is 0 Å². The number of benzene rings is 1. The van der Waals surface area contributed by atoms with Crippen LogP contribution in [0.3, 0.4) is 0 Å². The molecular formula is C13H13BrClNS. The van der Waals surface area contributed by atoms with Crippen LogP contribution in [0.2, 0.25) is 5.02 Å². The largest absolute Gasteiger partial charge is 0.309 e. The van der Waals surface area contributed by atoms with Crippen LogP contribution in [0.1, 0.15) is 22.0 Å². The fourth-order valence-corrected chi connectivity index (χ4v) is 3.19. The van der Waals surface area contributed by atoms with E-state index in [0.29, 0.717) is 0 Å². The van der Waals surface area contributed by atoms with E-state index in [2.05, 4.69) is 45.7 Å². The fraction of sp³-hybridized carbons (Fsp3) is 0.231. The standard InChI is InChI=1S/C13H13BrClNS/c1-8-5-9(7-17-8)13(16-2)11-6-10(14)3-4-12(11)15/h3-7,13,16H,1-2H3. The highest BCUT2D eigenvalue weighted by Gasteiger charge is 2.16. The lowest BCUT2D eigenvalue weighted by Gasteiger charge is -2.17. The summed E-state index contributed by atoms with van der Waals surface area (Å²) < 4.78 is 1.05. The van der Waals surface area contributed by atoms with Gasteiger partial charge in [0.05, 0.1) is 6.04 Å². The van der Waals surface area contributed by atoms with Crippen LogP contribution in [0, 0.1) is 6.92 Å². The van der Waals surface area contributed by atoms with Crippen molar-refractivity contribution in [2.45, 2.75) is 13.0 Å². The number of thiophene rings is 1. The topological polar surface area (TPSA) is 12.0 Å². The van der Waals surface area contributed by atoms with Crippen LogP contribution in [-0.2, 0) is 0 Å². The number of hydrogen-bond acceptors (Lipinski definition) is 2. The predicted molar refractivity (Wildman–Crippen MR) is 79.1 cm³/mol. The Hall–Kier alpha value is -0.350. The van der Waals surface area contributed by atoms with Crippen molar-refractivity contribution in [1.82, 2.24) is 5.32 Å². The molecule has 2 aromatic rings. The molecule has 4 heteroatoms. The molecule has 0 radical (unpaired) electrons. The molecule has 1 atom stereocenters. The monoisotopic (exact) mass is 329 g/mol. The van der Waals surface area contributed by atoms with E-state index in [4.69, 9.17) is 11.6 Å². The molecule has 1 aromatic carbocycles. The van der Waals surface area contributed by atoms with E-state index < -0.39 is 0 Å². The molecule has 90 valence electrons. The molecule has 0 aliphatic rings. The molecule has 0 amide bonds. The summed E-state index contributed by atoms with van der Waals surface area (Å²) in [5.74, 6) is 0. The van der Waals surface area contributed by atoms with Crippen LogP contribution in [0.5, 0.6) is 0 Å². The van der Waals surface area contributed by atoms with Gasteiger partial charge in [-0.1, -0.05) is 27.5 Å². The highest BCUT2D eigenvalue weighted by atomic mass is 79.9. The molecule has 0 fully saturated rings. The molecule has 0 bridgehead atoms. The summed E-state index contributed by atoms with van der Waals surface area (Å²) in [5.41, 5.74) is 2.36. The van der Waals surface area contributed by atoms with Crippen LogP contribution in [0.4, 0.5) is 0 Å². The van der Waals surface area contributed by atoms with Gasteiger partial charge in [0.1, 0.15) is 0 Å². The Kier molecular flexibility index (Phi) is 4.26. The molecular weight excluding hydrogens is 318 g/mol. The lowest BCUT2D eigenvalue weighted by molar-refractivity contribution is 0.694. The third-order valence-electron chi connectivity index (χ3n) is 2.64. The Morgan fingerprint density at radius 3 is 2.71 bits per heavy atom. The molecule has 1 nitrogen and oxygen atoms in total. The Bertz CT molecular complexity index is 524. The van der Waals surface area contributed by atoms with Gasteiger partial charge < -0.3 is 5.32 Å². The summed E-state index contributed by atoms with van der Waals surface area (Å²) in [7, 11) is 1.95. The Morgan fingerprint density at radius 1 is 1.35 bits per heavy atom. The molecule has 0 aliphatic heterocycles. The quantitative estimate of drug-likeness (QED) is 0.854. The van der Waals surface area contributed by atoms with Crippen LogP contribution in [-0.4, -0.2) is 7.05 Å². The minimum absolute atomic E-state index is 0.143. The van der Waals surface area contributed by atoms with Gasteiger partial charge in [-0.25, -0.2) is 0 Å².